The van der Waals surface area contributed by atoms with Gasteiger partial charge in [0.2, 0.25) is 0 Å². The Morgan fingerprint density at radius 2 is 2.07 bits per heavy atom. The Balaban J connectivity index is 1.68. The van der Waals surface area contributed by atoms with E-state index in [0.29, 0.717) is 5.92 Å². The van der Waals surface area contributed by atoms with Gasteiger partial charge in [-0.25, -0.2) is 0 Å². The number of piperidine rings is 1. The Labute approximate surface area is 168 Å². The van der Waals surface area contributed by atoms with Gasteiger partial charge in [-0.15, -0.1) is 0 Å². The molecule has 2 heterocycles. The number of benzene rings is 2. The summed E-state index contributed by atoms with van der Waals surface area (Å²) in [4.78, 5) is 6.26. The van der Waals surface area contributed by atoms with E-state index < -0.39 is 0 Å². The molecule has 3 aromatic rings. The maximum atomic E-state index is 5.55. The Morgan fingerprint density at radius 3 is 2.93 bits per heavy atom. The van der Waals surface area contributed by atoms with Gasteiger partial charge in [-0.1, -0.05) is 24.3 Å². The average Bonchev–Trinajstić information content (AvgIpc) is 3.05. The van der Waals surface area contributed by atoms with Crippen LogP contribution in [0.1, 0.15) is 23.2 Å². The number of hydrogen-bond acceptors (Lipinski definition) is 2. The normalized spacial score (nSPS) is 25.2. The van der Waals surface area contributed by atoms with Crippen molar-refractivity contribution in [3.8, 4) is 5.75 Å². The number of nitrogens with one attached hydrogen (secondary N) is 1. The number of likely N-dealkylation sites (tertiary alicyclic amines) is 1. The summed E-state index contributed by atoms with van der Waals surface area (Å²) in [5.41, 5.74) is 5.80. The van der Waals surface area contributed by atoms with E-state index in [1.807, 2.05) is 0 Å². The summed E-state index contributed by atoms with van der Waals surface area (Å²) in [6, 6.07) is 15.3. The lowest BCUT2D eigenvalue weighted by Gasteiger charge is -2.50. The van der Waals surface area contributed by atoms with Crippen molar-refractivity contribution in [1.82, 2.24) is 9.88 Å². The van der Waals surface area contributed by atoms with Gasteiger partial charge in [-0.3, -0.25) is 0 Å². The summed E-state index contributed by atoms with van der Waals surface area (Å²) in [6.45, 7) is 2.30. The van der Waals surface area contributed by atoms with Gasteiger partial charge in [0.05, 0.1) is 12.6 Å². The van der Waals surface area contributed by atoms with E-state index in [9.17, 15) is 0 Å². The van der Waals surface area contributed by atoms with Crippen molar-refractivity contribution in [2.24, 2.45) is 5.92 Å². The average molecular weight is 425 g/mol. The van der Waals surface area contributed by atoms with Crippen LogP contribution < -0.4 is 4.74 Å². The van der Waals surface area contributed by atoms with E-state index in [2.05, 4.69) is 75.3 Å². The van der Waals surface area contributed by atoms with Gasteiger partial charge in [0, 0.05) is 27.5 Å². The largest absolute Gasteiger partial charge is 0.497 e. The smallest absolute Gasteiger partial charge is 0.119 e. The summed E-state index contributed by atoms with van der Waals surface area (Å²) in [5.74, 6) is 1.58. The molecule has 27 heavy (non-hydrogen) atoms. The van der Waals surface area contributed by atoms with Crippen LogP contribution in [0.2, 0.25) is 0 Å². The number of ether oxygens (including phenoxy) is 1. The Hall–Kier alpha value is -1.78. The minimum atomic E-state index is 0.182. The molecule has 1 aliphatic heterocycles. The first-order chi connectivity index (χ1) is 13.1. The molecule has 5 rings (SSSR count). The van der Waals surface area contributed by atoms with Crippen LogP contribution in [-0.4, -0.2) is 37.1 Å². The number of hydrogen-bond donors (Lipinski definition) is 1. The second-order valence-corrected chi connectivity index (χ2v) is 9.08. The van der Waals surface area contributed by atoms with Gasteiger partial charge in [0.25, 0.3) is 0 Å². The van der Waals surface area contributed by atoms with E-state index >= 15 is 0 Å². The number of halogens is 1. The first-order valence-electron chi connectivity index (χ1n) is 9.72. The van der Waals surface area contributed by atoms with Gasteiger partial charge >= 0.3 is 0 Å². The highest BCUT2D eigenvalue weighted by Gasteiger charge is 2.47. The van der Waals surface area contributed by atoms with Crippen molar-refractivity contribution < 1.29 is 4.74 Å². The predicted octanol–water partition coefficient (Wildman–Crippen LogP) is 4.93. The summed E-state index contributed by atoms with van der Waals surface area (Å²) >= 11 is 3.73. The highest BCUT2D eigenvalue weighted by molar-refractivity contribution is 9.10. The maximum Gasteiger partial charge on any atom is 0.119 e. The van der Waals surface area contributed by atoms with Crippen molar-refractivity contribution in [3.63, 3.8) is 0 Å². The molecule has 1 fully saturated rings. The quantitative estimate of drug-likeness (QED) is 0.631. The molecule has 1 unspecified atom stereocenters. The third-order valence-corrected chi connectivity index (χ3v) is 7.48. The standard InChI is InChI=1S/C23H25BrN2O/c1-26-10-9-23(15-5-3-6-17(11-15)27-2)13-21-19(12-16(23)14-26)18-7-4-8-20(24)22(18)25-21/h3-8,11,16,25H,9-10,12-14H2,1-2H3/t16?,23-/m1/s1. The van der Waals surface area contributed by atoms with Crippen LogP contribution >= 0.6 is 15.9 Å². The number of aromatic nitrogens is 1. The molecule has 140 valence electrons. The molecule has 1 aromatic heterocycles. The van der Waals surface area contributed by atoms with Crippen molar-refractivity contribution in [2.45, 2.75) is 24.7 Å². The molecule has 1 aliphatic carbocycles. The van der Waals surface area contributed by atoms with E-state index in [4.69, 9.17) is 4.74 Å². The molecule has 1 N–H and O–H groups in total. The van der Waals surface area contributed by atoms with Crippen LogP contribution in [0.5, 0.6) is 5.75 Å². The SMILES string of the molecule is COc1cccc([C@]23CCN(C)CC2Cc2c([nH]c4c(Br)cccc24)C3)c1. The molecule has 0 saturated carbocycles. The predicted molar refractivity (Wildman–Crippen MR) is 114 cm³/mol. The Bertz CT molecular complexity index is 1010. The van der Waals surface area contributed by atoms with Crippen LogP contribution in [0.25, 0.3) is 10.9 Å². The fourth-order valence-electron chi connectivity index (χ4n) is 5.38. The third-order valence-electron chi connectivity index (χ3n) is 6.82. The zero-order chi connectivity index (χ0) is 18.6. The van der Waals surface area contributed by atoms with E-state index in [-0.39, 0.29) is 5.41 Å². The topological polar surface area (TPSA) is 28.3 Å². The fraction of sp³-hybridized carbons (Fsp3) is 0.391. The van der Waals surface area contributed by atoms with E-state index in [0.717, 1.165) is 36.2 Å². The van der Waals surface area contributed by atoms with E-state index in [1.54, 1.807) is 7.11 Å². The Kier molecular flexibility index (Phi) is 4.10. The summed E-state index contributed by atoms with van der Waals surface area (Å²) in [6.07, 6.45) is 3.40. The molecular formula is C23H25BrN2O. The molecular weight excluding hydrogens is 400 g/mol. The second-order valence-electron chi connectivity index (χ2n) is 8.22. The number of aromatic amines is 1. The molecule has 3 nitrogen and oxygen atoms in total. The zero-order valence-corrected chi connectivity index (χ0v) is 17.5. The van der Waals surface area contributed by atoms with Crippen molar-refractivity contribution in [1.29, 1.82) is 0 Å². The number of fused-ring (bicyclic) bond motifs is 4. The van der Waals surface area contributed by atoms with Crippen molar-refractivity contribution in [3.05, 3.63) is 63.8 Å². The molecule has 1 saturated heterocycles. The van der Waals surface area contributed by atoms with Gasteiger partial charge < -0.3 is 14.6 Å². The molecule has 0 amide bonds. The molecule has 4 heteroatoms. The summed E-state index contributed by atoms with van der Waals surface area (Å²) in [7, 11) is 4.02. The summed E-state index contributed by atoms with van der Waals surface area (Å²) in [5, 5.41) is 1.38. The minimum Gasteiger partial charge on any atom is -0.497 e. The fourth-order valence-corrected chi connectivity index (χ4v) is 5.85. The maximum absolute atomic E-state index is 5.55. The molecule has 0 bridgehead atoms. The first-order valence-corrected chi connectivity index (χ1v) is 10.5. The molecule has 2 aromatic carbocycles. The van der Waals surface area contributed by atoms with Gasteiger partial charge in [-0.2, -0.15) is 0 Å². The minimum absolute atomic E-state index is 0.182. The van der Waals surface area contributed by atoms with Crippen LogP contribution in [0.15, 0.2) is 46.9 Å². The number of para-hydroxylation sites is 1. The monoisotopic (exact) mass is 424 g/mol. The third kappa shape index (κ3) is 2.65. The summed E-state index contributed by atoms with van der Waals surface area (Å²) < 4.78 is 6.71. The molecule has 0 radical (unpaired) electrons. The first kappa shape index (κ1) is 17.3. The van der Waals surface area contributed by atoms with Gasteiger partial charge in [-0.05, 0) is 84.0 Å². The van der Waals surface area contributed by atoms with Crippen LogP contribution in [0, 0.1) is 5.92 Å². The van der Waals surface area contributed by atoms with E-state index in [1.165, 1.54) is 34.1 Å². The second kappa shape index (κ2) is 6.39. The molecule has 2 atom stereocenters. The zero-order valence-electron chi connectivity index (χ0n) is 15.9. The highest BCUT2D eigenvalue weighted by atomic mass is 79.9. The molecule has 0 spiro atoms. The lowest BCUT2D eigenvalue weighted by molar-refractivity contribution is 0.0994. The highest BCUT2D eigenvalue weighted by Crippen LogP contribution is 2.49. The lowest BCUT2D eigenvalue weighted by atomic mass is 9.59. The van der Waals surface area contributed by atoms with Gasteiger partial charge in [0.15, 0.2) is 0 Å². The van der Waals surface area contributed by atoms with Crippen LogP contribution in [0.3, 0.4) is 0 Å². The lowest BCUT2D eigenvalue weighted by Crippen LogP contribution is -2.52. The number of H-pyrrole nitrogens is 1. The van der Waals surface area contributed by atoms with Crippen molar-refractivity contribution in [2.75, 3.05) is 27.2 Å². The van der Waals surface area contributed by atoms with Gasteiger partial charge in [0.1, 0.15) is 5.75 Å². The number of methoxy groups -OCH3 is 1. The Morgan fingerprint density at radius 1 is 1.22 bits per heavy atom. The van der Waals surface area contributed by atoms with Crippen LogP contribution in [0.4, 0.5) is 0 Å². The number of nitrogens with zero attached hydrogens (tertiary/aromatic N) is 1. The van der Waals surface area contributed by atoms with Crippen molar-refractivity contribution >= 4 is 26.8 Å². The van der Waals surface area contributed by atoms with Crippen LogP contribution in [-0.2, 0) is 18.3 Å². The number of rotatable bonds is 2. The molecule has 2 aliphatic rings.